The minimum Gasteiger partial charge on any atom is -0.335 e. The first-order chi connectivity index (χ1) is 12.0. The van der Waals surface area contributed by atoms with Crippen LogP contribution in [0.15, 0.2) is 12.1 Å². The van der Waals surface area contributed by atoms with Crippen molar-refractivity contribution >= 4 is 11.9 Å². The molecule has 5 nitrogen and oxygen atoms in total. The van der Waals surface area contributed by atoms with Crippen LogP contribution in [0.4, 0.5) is 4.79 Å². The predicted molar refractivity (Wildman–Crippen MR) is 98.9 cm³/mol. The topological polar surface area (TPSA) is 52.7 Å². The van der Waals surface area contributed by atoms with E-state index >= 15 is 0 Å². The fourth-order valence-electron chi connectivity index (χ4n) is 3.81. The Morgan fingerprint density at radius 2 is 1.44 bits per heavy atom. The molecule has 0 spiro atoms. The van der Waals surface area contributed by atoms with Crippen molar-refractivity contribution in [2.45, 2.75) is 52.5 Å². The van der Waals surface area contributed by atoms with Crippen molar-refractivity contribution in [2.75, 3.05) is 26.2 Å². The van der Waals surface area contributed by atoms with Crippen LogP contribution in [0.1, 0.15) is 52.7 Å². The summed E-state index contributed by atoms with van der Waals surface area (Å²) in [5, 5.41) is 3.13. The number of carbonyl (C=O) groups is 2. The summed E-state index contributed by atoms with van der Waals surface area (Å²) in [6, 6.07) is 4.44. The van der Waals surface area contributed by atoms with Crippen molar-refractivity contribution in [3.8, 4) is 0 Å². The molecular formula is C20H29N3O2. The third kappa shape index (κ3) is 3.97. The molecule has 25 heavy (non-hydrogen) atoms. The lowest BCUT2D eigenvalue weighted by Crippen LogP contribution is -2.54. The van der Waals surface area contributed by atoms with Crippen LogP contribution in [0.5, 0.6) is 0 Å². The Bertz CT molecular complexity index is 657. The van der Waals surface area contributed by atoms with E-state index in [1.54, 1.807) is 0 Å². The van der Waals surface area contributed by atoms with Crippen LogP contribution >= 0.6 is 0 Å². The molecule has 3 amide bonds. The van der Waals surface area contributed by atoms with Gasteiger partial charge in [0.1, 0.15) is 0 Å². The van der Waals surface area contributed by atoms with Gasteiger partial charge in [-0.15, -0.1) is 0 Å². The monoisotopic (exact) mass is 343 g/mol. The van der Waals surface area contributed by atoms with Gasteiger partial charge in [0.05, 0.1) is 0 Å². The first-order valence-electron chi connectivity index (χ1n) is 9.38. The van der Waals surface area contributed by atoms with Gasteiger partial charge in [-0.25, -0.2) is 4.79 Å². The number of urea groups is 1. The Kier molecular flexibility index (Phi) is 5.30. The number of aryl methyl sites for hydroxylation is 3. The van der Waals surface area contributed by atoms with Crippen molar-refractivity contribution < 1.29 is 9.59 Å². The van der Waals surface area contributed by atoms with E-state index in [1.807, 2.05) is 29.7 Å². The van der Waals surface area contributed by atoms with Crippen LogP contribution in [-0.4, -0.2) is 54.0 Å². The fourth-order valence-corrected chi connectivity index (χ4v) is 3.81. The van der Waals surface area contributed by atoms with Crippen molar-refractivity contribution in [1.29, 1.82) is 0 Å². The predicted octanol–water partition coefficient (Wildman–Crippen LogP) is 3.02. The van der Waals surface area contributed by atoms with E-state index in [4.69, 9.17) is 0 Å². The van der Waals surface area contributed by atoms with E-state index in [0.29, 0.717) is 32.2 Å². The Labute approximate surface area is 150 Å². The largest absolute Gasteiger partial charge is 0.335 e. The molecule has 136 valence electrons. The summed E-state index contributed by atoms with van der Waals surface area (Å²) < 4.78 is 0. The van der Waals surface area contributed by atoms with E-state index in [1.165, 1.54) is 18.4 Å². The molecule has 1 aromatic carbocycles. The number of nitrogens with zero attached hydrogens (tertiary/aromatic N) is 2. The molecule has 1 saturated heterocycles. The lowest BCUT2D eigenvalue weighted by molar-refractivity contribution is 0.0662. The maximum atomic E-state index is 12.8. The number of carbonyl (C=O) groups excluding carboxylic acids is 2. The van der Waals surface area contributed by atoms with Crippen molar-refractivity contribution in [2.24, 2.45) is 0 Å². The normalized spacial score (nSPS) is 18.5. The van der Waals surface area contributed by atoms with Gasteiger partial charge in [0, 0.05) is 37.8 Å². The molecule has 5 heteroatoms. The molecular weight excluding hydrogens is 314 g/mol. The average Bonchev–Trinajstić information content (AvgIpc) is 3.10. The highest BCUT2D eigenvalue weighted by Gasteiger charge is 2.27. The van der Waals surface area contributed by atoms with Gasteiger partial charge < -0.3 is 15.1 Å². The number of hydrogen-bond acceptors (Lipinski definition) is 2. The molecule has 1 aliphatic heterocycles. The van der Waals surface area contributed by atoms with Crippen LogP contribution in [0.2, 0.25) is 0 Å². The third-order valence-electron chi connectivity index (χ3n) is 5.61. The molecule has 2 aliphatic rings. The van der Waals surface area contributed by atoms with Gasteiger partial charge in [0.2, 0.25) is 0 Å². The Morgan fingerprint density at radius 1 is 0.880 bits per heavy atom. The first kappa shape index (κ1) is 17.8. The van der Waals surface area contributed by atoms with Crippen LogP contribution in [0, 0.1) is 20.8 Å². The summed E-state index contributed by atoms with van der Waals surface area (Å²) in [4.78, 5) is 28.9. The second-order valence-electron chi connectivity index (χ2n) is 7.46. The summed E-state index contributed by atoms with van der Waals surface area (Å²) in [7, 11) is 0. The zero-order valence-corrected chi connectivity index (χ0v) is 15.6. The van der Waals surface area contributed by atoms with Crippen molar-refractivity contribution in [3.63, 3.8) is 0 Å². The number of benzene rings is 1. The molecule has 0 aromatic heterocycles. The lowest BCUT2D eigenvalue weighted by atomic mass is 10.00. The molecule has 2 fully saturated rings. The van der Waals surface area contributed by atoms with E-state index in [-0.39, 0.29) is 11.9 Å². The number of hydrogen-bond donors (Lipinski definition) is 1. The highest BCUT2D eigenvalue weighted by molar-refractivity contribution is 5.96. The molecule has 1 aromatic rings. The maximum Gasteiger partial charge on any atom is 0.317 e. The summed E-state index contributed by atoms with van der Waals surface area (Å²) in [5.74, 6) is 0.0800. The van der Waals surface area contributed by atoms with Gasteiger partial charge in [0.25, 0.3) is 5.91 Å². The third-order valence-corrected chi connectivity index (χ3v) is 5.61. The van der Waals surface area contributed by atoms with Crippen LogP contribution in [-0.2, 0) is 0 Å². The maximum absolute atomic E-state index is 12.8. The minimum atomic E-state index is 0.0290. The lowest BCUT2D eigenvalue weighted by Gasteiger charge is -2.35. The highest BCUT2D eigenvalue weighted by atomic mass is 16.2. The molecule has 0 atom stereocenters. The second kappa shape index (κ2) is 7.46. The highest BCUT2D eigenvalue weighted by Crippen LogP contribution is 2.19. The molecule has 1 saturated carbocycles. The van der Waals surface area contributed by atoms with Crippen molar-refractivity contribution in [1.82, 2.24) is 15.1 Å². The van der Waals surface area contributed by atoms with Crippen LogP contribution in [0.3, 0.4) is 0 Å². The summed E-state index contributed by atoms with van der Waals surface area (Å²) in [6.07, 6.45) is 4.61. The average molecular weight is 343 g/mol. The molecule has 1 heterocycles. The van der Waals surface area contributed by atoms with Crippen molar-refractivity contribution in [3.05, 3.63) is 34.4 Å². The molecule has 3 rings (SSSR count). The zero-order chi connectivity index (χ0) is 18.0. The van der Waals surface area contributed by atoms with E-state index in [0.717, 1.165) is 29.5 Å². The van der Waals surface area contributed by atoms with E-state index in [9.17, 15) is 9.59 Å². The molecule has 0 bridgehead atoms. The summed E-state index contributed by atoms with van der Waals surface area (Å²) in [6.45, 7) is 8.51. The van der Waals surface area contributed by atoms with E-state index in [2.05, 4.69) is 18.3 Å². The molecule has 0 radical (unpaired) electrons. The number of amides is 3. The molecule has 1 N–H and O–H groups in total. The summed E-state index contributed by atoms with van der Waals surface area (Å²) >= 11 is 0. The van der Waals surface area contributed by atoms with Crippen LogP contribution < -0.4 is 5.32 Å². The molecule has 1 aliphatic carbocycles. The Balaban J connectivity index is 1.57. The van der Waals surface area contributed by atoms with Gasteiger partial charge in [-0.1, -0.05) is 18.9 Å². The van der Waals surface area contributed by atoms with E-state index < -0.39 is 0 Å². The van der Waals surface area contributed by atoms with Gasteiger partial charge in [-0.3, -0.25) is 4.79 Å². The van der Waals surface area contributed by atoms with Crippen LogP contribution in [0.25, 0.3) is 0 Å². The minimum absolute atomic E-state index is 0.0290. The fraction of sp³-hybridized carbons (Fsp3) is 0.600. The smallest absolute Gasteiger partial charge is 0.317 e. The Hall–Kier alpha value is -2.04. The SMILES string of the molecule is Cc1cc(C)c(C(=O)N2CCN(C(=O)NC3CCCC3)CC2)cc1C. The Morgan fingerprint density at radius 3 is 2.08 bits per heavy atom. The second-order valence-corrected chi connectivity index (χ2v) is 7.46. The van der Waals surface area contributed by atoms with Gasteiger partial charge in [0.15, 0.2) is 0 Å². The first-order valence-corrected chi connectivity index (χ1v) is 9.38. The number of rotatable bonds is 2. The van der Waals surface area contributed by atoms with Gasteiger partial charge in [-0.2, -0.15) is 0 Å². The summed E-state index contributed by atoms with van der Waals surface area (Å²) in [5.41, 5.74) is 4.16. The molecule has 0 unspecified atom stereocenters. The standard InChI is InChI=1S/C20H29N3O2/c1-14-12-16(3)18(13-15(14)2)19(24)22-8-10-23(11-9-22)20(25)21-17-6-4-5-7-17/h12-13,17H,4-11H2,1-3H3,(H,21,25). The zero-order valence-electron chi connectivity index (χ0n) is 15.6. The number of piperazine rings is 1. The quantitative estimate of drug-likeness (QED) is 0.897. The van der Waals surface area contributed by atoms with Gasteiger partial charge in [-0.05, 0) is 56.4 Å². The number of nitrogens with one attached hydrogen (secondary N) is 1. The van der Waals surface area contributed by atoms with Gasteiger partial charge >= 0.3 is 6.03 Å².